The molecule has 1 fully saturated rings. The van der Waals surface area contributed by atoms with E-state index >= 15 is 0 Å². The average Bonchev–Trinajstić information content (AvgIpc) is 2.77. The molecule has 0 amide bonds. The van der Waals surface area contributed by atoms with Crippen molar-refractivity contribution < 1.29 is 61.7 Å². The van der Waals surface area contributed by atoms with Gasteiger partial charge in [0, 0.05) is 17.7 Å². The molecule has 0 aliphatic carbocycles. The molecule has 4 rings (SSSR count). The minimum absolute atomic E-state index is 0.0198. The number of hydrogen-bond donors (Lipinski definition) is 7. The van der Waals surface area contributed by atoms with Gasteiger partial charge in [-0.25, -0.2) is 4.18 Å². The number of rotatable bonds is 5. The fourth-order valence-electron chi connectivity index (χ4n) is 3.72. The molecule has 3 aromatic rings. The monoisotopic (exact) mass is 528 g/mol. The Balaban J connectivity index is 1.83. The molecule has 0 unspecified atom stereocenters. The highest BCUT2D eigenvalue weighted by atomic mass is 32.3. The SMILES string of the molecule is C[C@@H]1O[C@@H](Oc2c(-c3ccc(O)c(O)c3)oc3cc(O)cc(O)c3c2=O)[C@@H](O)[C@H](O)[C@@H]1OS(=O)(=O)O. The fourth-order valence-corrected chi connectivity index (χ4v) is 4.27. The van der Waals surface area contributed by atoms with Crippen molar-refractivity contribution >= 4 is 21.4 Å². The van der Waals surface area contributed by atoms with E-state index in [2.05, 4.69) is 4.18 Å². The van der Waals surface area contributed by atoms with E-state index in [9.17, 15) is 43.9 Å². The first-order valence-electron chi connectivity index (χ1n) is 10.2. The van der Waals surface area contributed by atoms with E-state index in [1.54, 1.807) is 0 Å². The molecule has 2 heterocycles. The minimum Gasteiger partial charge on any atom is -0.508 e. The van der Waals surface area contributed by atoms with Crippen LogP contribution >= 0.6 is 0 Å². The molecule has 15 heteroatoms. The second-order valence-electron chi connectivity index (χ2n) is 7.93. The van der Waals surface area contributed by atoms with Gasteiger partial charge in [-0.2, -0.15) is 8.42 Å². The topological polar surface area (TPSA) is 234 Å². The molecule has 2 aromatic carbocycles. The quantitative estimate of drug-likeness (QED) is 0.174. The summed E-state index contributed by atoms with van der Waals surface area (Å²) in [6, 6.07) is 5.22. The van der Waals surface area contributed by atoms with Crippen LogP contribution in [0.5, 0.6) is 28.7 Å². The molecule has 5 atom stereocenters. The maximum atomic E-state index is 13.3. The molecule has 194 valence electrons. The molecule has 0 radical (unpaired) electrons. The second kappa shape index (κ2) is 9.12. The smallest absolute Gasteiger partial charge is 0.397 e. The Labute approximate surface area is 201 Å². The van der Waals surface area contributed by atoms with Gasteiger partial charge in [0.15, 0.2) is 17.3 Å². The Morgan fingerprint density at radius 1 is 0.944 bits per heavy atom. The van der Waals surface area contributed by atoms with Crippen LogP contribution in [0.3, 0.4) is 0 Å². The van der Waals surface area contributed by atoms with Gasteiger partial charge in [0.05, 0.1) is 6.10 Å². The lowest BCUT2D eigenvalue weighted by atomic mass is 10.00. The number of aromatic hydroxyl groups is 4. The summed E-state index contributed by atoms with van der Waals surface area (Å²) in [5.74, 6) is -3.27. The predicted octanol–water partition coefficient (Wildman–Crippen LogP) is 0.316. The van der Waals surface area contributed by atoms with Crippen LogP contribution in [0.1, 0.15) is 6.92 Å². The highest BCUT2D eigenvalue weighted by molar-refractivity contribution is 7.80. The van der Waals surface area contributed by atoms with Crippen molar-refractivity contribution in [3.8, 4) is 40.1 Å². The molecule has 0 bridgehead atoms. The van der Waals surface area contributed by atoms with Gasteiger partial charge in [-0.3, -0.25) is 9.35 Å². The first-order chi connectivity index (χ1) is 16.8. The molecule has 0 saturated carbocycles. The first kappa shape index (κ1) is 25.5. The van der Waals surface area contributed by atoms with Gasteiger partial charge in [-0.1, -0.05) is 0 Å². The number of fused-ring (bicyclic) bond motifs is 1. The number of aliphatic hydroxyl groups excluding tert-OH is 2. The number of phenols is 4. The van der Waals surface area contributed by atoms with Crippen LogP contribution in [0, 0.1) is 0 Å². The Kier molecular flexibility index (Phi) is 6.46. The van der Waals surface area contributed by atoms with Crippen LogP contribution in [0.25, 0.3) is 22.3 Å². The third kappa shape index (κ3) is 4.75. The van der Waals surface area contributed by atoms with Crippen LogP contribution < -0.4 is 10.2 Å². The van der Waals surface area contributed by atoms with Crippen molar-refractivity contribution in [3.63, 3.8) is 0 Å². The lowest BCUT2D eigenvalue weighted by Gasteiger charge is -2.40. The van der Waals surface area contributed by atoms with Gasteiger partial charge in [0.25, 0.3) is 0 Å². The third-order valence-corrected chi connectivity index (χ3v) is 5.86. The molecule has 1 saturated heterocycles. The number of ether oxygens (including phenoxy) is 2. The van der Waals surface area contributed by atoms with Crippen molar-refractivity contribution in [1.82, 2.24) is 0 Å². The summed E-state index contributed by atoms with van der Waals surface area (Å²) in [6.07, 6.45) is -8.84. The molecular formula is C21H20O14S. The van der Waals surface area contributed by atoms with Gasteiger partial charge in [0.1, 0.15) is 40.8 Å². The second-order valence-corrected chi connectivity index (χ2v) is 8.98. The van der Waals surface area contributed by atoms with Gasteiger partial charge < -0.3 is 44.5 Å². The summed E-state index contributed by atoms with van der Waals surface area (Å²) in [6.45, 7) is 1.23. The molecule has 0 spiro atoms. The predicted molar refractivity (Wildman–Crippen MR) is 118 cm³/mol. The van der Waals surface area contributed by atoms with E-state index in [1.165, 1.54) is 13.0 Å². The van der Waals surface area contributed by atoms with Gasteiger partial charge in [-0.15, -0.1) is 0 Å². The third-order valence-electron chi connectivity index (χ3n) is 5.40. The van der Waals surface area contributed by atoms with Crippen molar-refractivity contribution in [3.05, 3.63) is 40.6 Å². The molecule has 1 aliphatic rings. The minimum atomic E-state index is -5.03. The van der Waals surface area contributed by atoms with Crippen LogP contribution in [0.4, 0.5) is 0 Å². The number of hydrogen-bond acceptors (Lipinski definition) is 13. The molecular weight excluding hydrogens is 508 g/mol. The normalized spacial score (nSPS) is 24.6. The van der Waals surface area contributed by atoms with E-state index in [4.69, 9.17) is 18.4 Å². The summed E-state index contributed by atoms with van der Waals surface area (Å²) in [5.41, 5.74) is -1.31. The highest BCUT2D eigenvalue weighted by Crippen LogP contribution is 2.39. The summed E-state index contributed by atoms with van der Waals surface area (Å²) in [5, 5.41) is 59.9. The Morgan fingerprint density at radius 2 is 1.64 bits per heavy atom. The molecule has 1 aliphatic heterocycles. The van der Waals surface area contributed by atoms with Crippen molar-refractivity contribution in [2.75, 3.05) is 0 Å². The zero-order valence-corrected chi connectivity index (χ0v) is 19.0. The molecule has 36 heavy (non-hydrogen) atoms. The van der Waals surface area contributed by atoms with E-state index in [0.717, 1.165) is 24.3 Å². The number of benzene rings is 2. The largest absolute Gasteiger partial charge is 0.508 e. The van der Waals surface area contributed by atoms with Gasteiger partial charge in [0.2, 0.25) is 17.5 Å². The fraction of sp³-hybridized carbons (Fsp3) is 0.286. The Hall–Kier alpha value is -3.60. The summed E-state index contributed by atoms with van der Waals surface area (Å²) < 4.78 is 52.0. The van der Waals surface area contributed by atoms with E-state index < -0.39 is 80.7 Å². The van der Waals surface area contributed by atoms with Crippen LogP contribution in [-0.4, -0.2) is 74.3 Å². The first-order valence-corrected chi connectivity index (χ1v) is 11.5. The standard InChI is InChI=1S/C21H20O14S/c1-7-18(35-36(29,30)31)16(27)17(28)21(32-7)34-20-15(26)14-12(25)5-9(22)6-13(14)33-19(20)8-2-3-10(23)11(24)4-8/h2-7,16-18,21-25,27-28H,1H3,(H,29,30,31)/t7-,16-,17-,18+,21-/m0/s1. The molecule has 1 aromatic heterocycles. The Bertz CT molecular complexity index is 1480. The lowest BCUT2D eigenvalue weighted by Crippen LogP contribution is -2.59. The van der Waals surface area contributed by atoms with Crippen molar-refractivity contribution in [2.24, 2.45) is 0 Å². The molecule has 14 nitrogen and oxygen atoms in total. The number of phenolic OH excluding ortho intramolecular Hbond substituents is 4. The maximum absolute atomic E-state index is 13.3. The average molecular weight is 528 g/mol. The zero-order chi connectivity index (χ0) is 26.5. The van der Waals surface area contributed by atoms with Crippen molar-refractivity contribution in [2.45, 2.75) is 37.6 Å². The van der Waals surface area contributed by atoms with Crippen LogP contribution in [0.2, 0.25) is 0 Å². The lowest BCUT2D eigenvalue weighted by molar-refractivity contribution is -0.263. The maximum Gasteiger partial charge on any atom is 0.397 e. The van der Waals surface area contributed by atoms with Gasteiger partial charge in [-0.05, 0) is 25.1 Å². The van der Waals surface area contributed by atoms with Crippen LogP contribution in [-0.2, 0) is 19.3 Å². The summed E-state index contributed by atoms with van der Waals surface area (Å²) in [7, 11) is -5.03. The highest BCUT2D eigenvalue weighted by Gasteiger charge is 2.47. The van der Waals surface area contributed by atoms with Gasteiger partial charge >= 0.3 is 10.4 Å². The van der Waals surface area contributed by atoms with E-state index in [-0.39, 0.29) is 16.9 Å². The molecule has 7 N–H and O–H groups in total. The number of aliphatic hydroxyl groups is 2. The summed E-state index contributed by atoms with van der Waals surface area (Å²) in [4.78, 5) is 13.3. The van der Waals surface area contributed by atoms with Crippen LogP contribution in [0.15, 0.2) is 39.5 Å². The Morgan fingerprint density at radius 3 is 2.28 bits per heavy atom. The zero-order valence-electron chi connectivity index (χ0n) is 18.2. The van der Waals surface area contributed by atoms with E-state index in [0.29, 0.717) is 0 Å². The summed E-state index contributed by atoms with van der Waals surface area (Å²) >= 11 is 0. The van der Waals surface area contributed by atoms with E-state index in [1.807, 2.05) is 0 Å². The van der Waals surface area contributed by atoms with Crippen molar-refractivity contribution in [1.29, 1.82) is 0 Å².